The molecule has 0 saturated heterocycles. The van der Waals surface area contributed by atoms with Crippen molar-refractivity contribution < 1.29 is 0 Å². The lowest BCUT2D eigenvalue weighted by molar-refractivity contribution is -0.148. The SMILES string of the molecule is C=C(CCC(C)C1CCC2C3C(CCC)CC4CC(CC)CCC4(C)C3CCC12C)CNCCC. The van der Waals surface area contributed by atoms with Crippen molar-refractivity contribution >= 4 is 0 Å². The predicted molar refractivity (Wildman–Crippen MR) is 153 cm³/mol. The van der Waals surface area contributed by atoms with Gasteiger partial charge in [-0.15, -0.1) is 0 Å². The van der Waals surface area contributed by atoms with E-state index in [0.717, 1.165) is 60.4 Å². The molecule has 4 fully saturated rings. The summed E-state index contributed by atoms with van der Waals surface area (Å²) in [5.74, 6) is 7.89. The summed E-state index contributed by atoms with van der Waals surface area (Å²) in [7, 11) is 0. The summed E-state index contributed by atoms with van der Waals surface area (Å²) in [6.07, 6.45) is 20.4. The fourth-order valence-corrected chi connectivity index (χ4v) is 10.7. The summed E-state index contributed by atoms with van der Waals surface area (Å²) in [4.78, 5) is 0. The van der Waals surface area contributed by atoms with Crippen LogP contribution in [-0.2, 0) is 0 Å². The normalized spacial score (nSPS) is 43.8. The summed E-state index contributed by atoms with van der Waals surface area (Å²) in [6, 6.07) is 0. The van der Waals surface area contributed by atoms with Crippen LogP contribution < -0.4 is 5.32 Å². The highest BCUT2D eigenvalue weighted by Crippen LogP contribution is 2.70. The largest absolute Gasteiger partial charge is 0.313 e. The molecule has 4 aliphatic carbocycles. The van der Waals surface area contributed by atoms with E-state index in [1.165, 1.54) is 76.2 Å². The Bertz CT molecular complexity index is 697. The molecule has 35 heavy (non-hydrogen) atoms. The van der Waals surface area contributed by atoms with Crippen molar-refractivity contribution in [1.29, 1.82) is 0 Å². The van der Waals surface area contributed by atoms with Crippen LogP contribution in [0.25, 0.3) is 0 Å². The molecule has 1 nitrogen and oxygen atoms in total. The molecule has 0 heterocycles. The van der Waals surface area contributed by atoms with Gasteiger partial charge in [0.2, 0.25) is 0 Å². The number of fused-ring (bicyclic) bond motifs is 5. The first-order valence-electron chi connectivity index (χ1n) is 16.2. The highest BCUT2D eigenvalue weighted by Gasteiger charge is 2.62. The van der Waals surface area contributed by atoms with Crippen LogP contribution in [0.3, 0.4) is 0 Å². The fourth-order valence-electron chi connectivity index (χ4n) is 10.7. The molecular weight excluding hydrogens is 422 g/mol. The molecule has 0 bridgehead atoms. The van der Waals surface area contributed by atoms with Crippen molar-refractivity contribution in [3.05, 3.63) is 12.2 Å². The van der Waals surface area contributed by atoms with Crippen molar-refractivity contribution in [3.63, 3.8) is 0 Å². The summed E-state index contributed by atoms with van der Waals surface area (Å²) in [5.41, 5.74) is 2.66. The van der Waals surface area contributed by atoms with Gasteiger partial charge >= 0.3 is 0 Å². The molecule has 0 amide bonds. The van der Waals surface area contributed by atoms with E-state index in [1.807, 2.05) is 0 Å². The summed E-state index contributed by atoms with van der Waals surface area (Å²) in [6.45, 7) is 21.9. The fraction of sp³-hybridized carbons (Fsp3) is 0.941. The lowest BCUT2D eigenvalue weighted by Crippen LogP contribution is -2.56. The summed E-state index contributed by atoms with van der Waals surface area (Å²) >= 11 is 0. The second-order valence-electron chi connectivity index (χ2n) is 14.5. The smallest absolute Gasteiger partial charge is 0.0161 e. The Kier molecular flexibility index (Phi) is 9.20. The second kappa shape index (κ2) is 11.6. The van der Waals surface area contributed by atoms with Crippen LogP contribution in [-0.4, -0.2) is 13.1 Å². The Morgan fingerprint density at radius 1 is 0.943 bits per heavy atom. The first-order valence-corrected chi connectivity index (χ1v) is 16.2. The van der Waals surface area contributed by atoms with E-state index in [2.05, 4.69) is 53.4 Å². The van der Waals surface area contributed by atoms with Crippen molar-refractivity contribution in [2.24, 2.45) is 58.2 Å². The minimum atomic E-state index is 0.595. The number of hydrogen-bond acceptors (Lipinski definition) is 1. The molecular formula is C34H61N. The van der Waals surface area contributed by atoms with Crippen molar-refractivity contribution in [2.45, 2.75) is 131 Å². The van der Waals surface area contributed by atoms with Gasteiger partial charge in [-0.2, -0.15) is 0 Å². The Hall–Kier alpha value is -0.300. The first kappa shape index (κ1) is 27.7. The lowest BCUT2D eigenvalue weighted by atomic mass is 9.41. The van der Waals surface area contributed by atoms with Gasteiger partial charge in [0.25, 0.3) is 0 Å². The second-order valence-corrected chi connectivity index (χ2v) is 14.5. The van der Waals surface area contributed by atoms with Crippen LogP contribution >= 0.6 is 0 Å². The molecule has 0 spiro atoms. The molecule has 0 aliphatic heterocycles. The van der Waals surface area contributed by atoms with Gasteiger partial charge in [-0.25, -0.2) is 0 Å². The molecule has 0 aromatic heterocycles. The van der Waals surface area contributed by atoms with E-state index in [9.17, 15) is 0 Å². The Balaban J connectivity index is 1.47. The van der Waals surface area contributed by atoms with Crippen molar-refractivity contribution in [2.75, 3.05) is 13.1 Å². The van der Waals surface area contributed by atoms with Gasteiger partial charge < -0.3 is 5.32 Å². The maximum atomic E-state index is 4.40. The Labute approximate surface area is 220 Å². The van der Waals surface area contributed by atoms with Gasteiger partial charge in [0.1, 0.15) is 0 Å². The molecule has 202 valence electrons. The standard InChI is InChI=1S/C34H61N/c1-8-11-27-22-28-21-26(10-3)16-18-33(28,6)31-17-19-34(7)29(14-15-30(34)32(27)31)25(5)13-12-24(4)23-35-20-9-2/h25-32,35H,4,8-23H2,1-3,5-7H3. The molecule has 0 radical (unpaired) electrons. The van der Waals surface area contributed by atoms with Gasteiger partial charge in [0.05, 0.1) is 0 Å². The quantitative estimate of drug-likeness (QED) is 0.228. The van der Waals surface area contributed by atoms with Crippen molar-refractivity contribution in [1.82, 2.24) is 5.32 Å². The zero-order valence-electron chi connectivity index (χ0n) is 24.6. The van der Waals surface area contributed by atoms with Gasteiger partial charge in [-0.05, 0) is 135 Å². The number of rotatable bonds is 11. The van der Waals surface area contributed by atoms with Gasteiger partial charge in [-0.1, -0.05) is 73.0 Å². The molecule has 4 saturated carbocycles. The predicted octanol–water partition coefficient (Wildman–Crippen LogP) is 9.67. The van der Waals surface area contributed by atoms with E-state index in [4.69, 9.17) is 0 Å². The van der Waals surface area contributed by atoms with Gasteiger partial charge in [0, 0.05) is 6.54 Å². The van der Waals surface area contributed by atoms with Gasteiger partial charge in [-0.3, -0.25) is 0 Å². The third-order valence-corrected chi connectivity index (χ3v) is 12.7. The number of hydrogen-bond donors (Lipinski definition) is 1. The van der Waals surface area contributed by atoms with E-state index in [1.54, 1.807) is 19.3 Å². The molecule has 1 N–H and O–H groups in total. The minimum absolute atomic E-state index is 0.595. The third-order valence-electron chi connectivity index (χ3n) is 12.7. The van der Waals surface area contributed by atoms with Crippen LogP contribution in [0.4, 0.5) is 0 Å². The average Bonchev–Trinajstić information content (AvgIpc) is 3.20. The molecule has 4 aliphatic rings. The third kappa shape index (κ3) is 5.33. The molecule has 10 atom stereocenters. The Morgan fingerprint density at radius 3 is 2.40 bits per heavy atom. The van der Waals surface area contributed by atoms with Crippen LogP contribution in [0.5, 0.6) is 0 Å². The minimum Gasteiger partial charge on any atom is -0.313 e. The number of nitrogens with one attached hydrogen (secondary N) is 1. The van der Waals surface area contributed by atoms with Crippen LogP contribution in [0, 0.1) is 58.2 Å². The lowest BCUT2D eigenvalue weighted by Gasteiger charge is -2.64. The monoisotopic (exact) mass is 483 g/mol. The zero-order chi connectivity index (χ0) is 25.2. The van der Waals surface area contributed by atoms with Crippen LogP contribution in [0.1, 0.15) is 131 Å². The van der Waals surface area contributed by atoms with E-state index < -0.39 is 0 Å². The topological polar surface area (TPSA) is 12.0 Å². The maximum absolute atomic E-state index is 4.40. The zero-order valence-corrected chi connectivity index (χ0v) is 24.6. The average molecular weight is 484 g/mol. The first-order chi connectivity index (χ1) is 16.8. The highest BCUT2D eigenvalue weighted by molar-refractivity contribution is 5.11. The van der Waals surface area contributed by atoms with E-state index in [0.29, 0.717) is 10.8 Å². The maximum Gasteiger partial charge on any atom is 0.0161 e. The molecule has 1 heteroatoms. The Morgan fingerprint density at radius 2 is 1.69 bits per heavy atom. The molecule has 10 unspecified atom stereocenters. The van der Waals surface area contributed by atoms with Gasteiger partial charge in [0.15, 0.2) is 0 Å². The molecule has 0 aromatic rings. The van der Waals surface area contributed by atoms with Crippen LogP contribution in [0.2, 0.25) is 0 Å². The summed E-state index contributed by atoms with van der Waals surface area (Å²) in [5, 5.41) is 3.56. The molecule has 0 aromatic carbocycles. The van der Waals surface area contributed by atoms with E-state index in [-0.39, 0.29) is 0 Å². The summed E-state index contributed by atoms with van der Waals surface area (Å²) < 4.78 is 0. The molecule has 4 rings (SSSR count). The van der Waals surface area contributed by atoms with Crippen molar-refractivity contribution in [3.8, 4) is 0 Å². The highest BCUT2D eigenvalue weighted by atomic mass is 14.8. The van der Waals surface area contributed by atoms with E-state index >= 15 is 0 Å². The van der Waals surface area contributed by atoms with Crippen LogP contribution in [0.15, 0.2) is 12.2 Å².